The molecule has 3 aromatic rings. The first-order valence-corrected chi connectivity index (χ1v) is 12.7. The minimum absolute atomic E-state index is 0.108. The minimum atomic E-state index is -0.607. The molecule has 1 fully saturated rings. The summed E-state index contributed by atoms with van der Waals surface area (Å²) in [7, 11) is 0. The molecule has 1 aromatic carbocycles. The van der Waals surface area contributed by atoms with Crippen molar-refractivity contribution in [2.45, 2.75) is 44.2 Å². The van der Waals surface area contributed by atoms with Gasteiger partial charge in [0.05, 0.1) is 22.6 Å². The third kappa shape index (κ3) is 6.15. The number of nitrogens with two attached hydrogens (primary N) is 1. The number of amides is 1. The Morgan fingerprint density at radius 2 is 1.95 bits per heavy atom. The second kappa shape index (κ2) is 11.4. The van der Waals surface area contributed by atoms with E-state index in [-0.39, 0.29) is 24.0 Å². The quantitative estimate of drug-likeness (QED) is 0.161. The van der Waals surface area contributed by atoms with E-state index in [0.717, 1.165) is 25.7 Å². The van der Waals surface area contributed by atoms with E-state index in [1.807, 2.05) is 10.8 Å². The summed E-state index contributed by atoms with van der Waals surface area (Å²) in [5, 5.41) is 28.0. The molecule has 2 aromatic heterocycles. The molecule has 0 aliphatic heterocycles. The van der Waals surface area contributed by atoms with Gasteiger partial charge in [-0.15, -0.1) is 0 Å². The van der Waals surface area contributed by atoms with Crippen LogP contribution in [-0.2, 0) is 6.54 Å². The van der Waals surface area contributed by atoms with Crippen LogP contribution >= 0.6 is 23.2 Å². The van der Waals surface area contributed by atoms with Crippen molar-refractivity contribution in [2.24, 2.45) is 0 Å². The van der Waals surface area contributed by atoms with E-state index in [0.29, 0.717) is 52.1 Å². The Morgan fingerprint density at radius 3 is 2.59 bits per heavy atom. The number of benzene rings is 1. The number of aryl methyl sites for hydroxylation is 1. The molecule has 0 saturated heterocycles. The maximum atomic E-state index is 13.4. The monoisotopic (exact) mass is 546 g/mol. The number of carbonyl (C=O) groups excluding carboxylic acids is 1. The fourth-order valence-electron chi connectivity index (χ4n) is 4.62. The van der Waals surface area contributed by atoms with E-state index in [2.05, 4.69) is 15.6 Å². The van der Waals surface area contributed by atoms with Crippen molar-refractivity contribution in [2.75, 3.05) is 24.2 Å². The van der Waals surface area contributed by atoms with Crippen LogP contribution in [0.15, 0.2) is 42.7 Å². The lowest BCUT2D eigenvalue weighted by Crippen LogP contribution is -2.49. The molecule has 0 spiro atoms. The van der Waals surface area contributed by atoms with Crippen LogP contribution in [0.1, 0.15) is 42.5 Å². The van der Waals surface area contributed by atoms with E-state index in [9.17, 15) is 20.0 Å². The van der Waals surface area contributed by atoms with E-state index >= 15 is 0 Å². The maximum absolute atomic E-state index is 13.4. The lowest BCUT2D eigenvalue weighted by Gasteiger charge is -2.28. The molecule has 0 atom stereocenters. The normalized spacial score (nSPS) is 14.5. The molecule has 2 heterocycles. The highest BCUT2D eigenvalue weighted by Crippen LogP contribution is 2.35. The SMILES string of the molecule is Nc1nc(NCCCn2cc(C(=O)NC3(CO)CCCC3)c(-c3ccc(Cl)cc3Cl)c2)ccc1[N+](=O)[O-]. The Kier molecular flexibility index (Phi) is 8.21. The van der Waals surface area contributed by atoms with Crippen molar-refractivity contribution < 1.29 is 14.8 Å². The summed E-state index contributed by atoms with van der Waals surface area (Å²) in [6, 6.07) is 7.96. The van der Waals surface area contributed by atoms with E-state index in [1.165, 1.54) is 12.1 Å². The number of halogens is 2. The number of rotatable bonds is 10. The van der Waals surface area contributed by atoms with Crippen molar-refractivity contribution in [3.05, 3.63) is 68.4 Å². The zero-order valence-corrected chi connectivity index (χ0v) is 21.6. The fourth-order valence-corrected chi connectivity index (χ4v) is 5.13. The lowest BCUT2D eigenvalue weighted by atomic mass is 9.97. The van der Waals surface area contributed by atoms with Crippen LogP contribution in [0.4, 0.5) is 17.3 Å². The zero-order chi connectivity index (χ0) is 26.6. The number of anilines is 2. The standard InChI is InChI=1S/C25H28Cl2N6O4/c26-16-4-5-17(20(27)12-16)18-13-32(14-19(18)24(35)31-25(15-34)8-1-2-9-25)11-3-10-29-22-7-6-21(33(36)37)23(28)30-22/h4-7,12-14,34H,1-3,8-11,15H2,(H,31,35)(H3,28,29,30). The maximum Gasteiger partial charge on any atom is 0.311 e. The van der Waals surface area contributed by atoms with Gasteiger partial charge in [-0.1, -0.05) is 42.1 Å². The topological polar surface area (TPSA) is 148 Å². The summed E-state index contributed by atoms with van der Waals surface area (Å²) >= 11 is 12.6. The number of aliphatic hydroxyl groups excluding tert-OH is 1. The Bertz CT molecular complexity index is 1310. The van der Waals surface area contributed by atoms with Gasteiger partial charge in [-0.2, -0.15) is 0 Å². The Balaban J connectivity index is 1.50. The number of nitrogens with one attached hydrogen (secondary N) is 2. The van der Waals surface area contributed by atoms with Gasteiger partial charge in [0.1, 0.15) is 5.82 Å². The fraction of sp³-hybridized carbons (Fsp3) is 0.360. The van der Waals surface area contributed by atoms with E-state index in [4.69, 9.17) is 28.9 Å². The molecule has 4 rings (SSSR count). The molecule has 10 nitrogen and oxygen atoms in total. The predicted octanol–water partition coefficient (Wildman–Crippen LogP) is 4.88. The highest BCUT2D eigenvalue weighted by atomic mass is 35.5. The molecule has 5 N–H and O–H groups in total. The lowest BCUT2D eigenvalue weighted by molar-refractivity contribution is -0.384. The zero-order valence-electron chi connectivity index (χ0n) is 20.0. The summed E-state index contributed by atoms with van der Waals surface area (Å²) in [5.74, 6) is 0.0260. The molecule has 0 bridgehead atoms. The first-order valence-electron chi connectivity index (χ1n) is 11.9. The van der Waals surface area contributed by atoms with Crippen LogP contribution in [0.3, 0.4) is 0 Å². The summed E-state index contributed by atoms with van der Waals surface area (Å²) in [4.78, 5) is 27.7. The van der Waals surface area contributed by atoms with Crippen LogP contribution < -0.4 is 16.4 Å². The molecular weight excluding hydrogens is 519 g/mol. The second-order valence-electron chi connectivity index (χ2n) is 9.19. The summed E-state index contributed by atoms with van der Waals surface area (Å²) in [6.45, 7) is 0.990. The molecule has 196 valence electrons. The highest BCUT2D eigenvalue weighted by molar-refractivity contribution is 6.36. The Morgan fingerprint density at radius 1 is 1.19 bits per heavy atom. The Hall–Kier alpha value is -3.34. The minimum Gasteiger partial charge on any atom is -0.394 e. The van der Waals surface area contributed by atoms with Gasteiger partial charge < -0.3 is 26.0 Å². The van der Waals surface area contributed by atoms with Crippen molar-refractivity contribution in [1.29, 1.82) is 0 Å². The number of pyridine rings is 1. The smallest absolute Gasteiger partial charge is 0.311 e. The summed E-state index contributed by atoms with van der Waals surface area (Å²) < 4.78 is 1.91. The predicted molar refractivity (Wildman–Crippen MR) is 144 cm³/mol. The number of hydrogen-bond donors (Lipinski definition) is 4. The van der Waals surface area contributed by atoms with Gasteiger partial charge in [0.25, 0.3) is 5.91 Å². The molecule has 37 heavy (non-hydrogen) atoms. The molecular formula is C25H28Cl2N6O4. The van der Waals surface area contributed by atoms with Gasteiger partial charge in [0, 0.05) is 52.7 Å². The summed E-state index contributed by atoms with van der Waals surface area (Å²) in [6.07, 6.45) is 7.70. The van der Waals surface area contributed by atoms with Crippen LogP contribution in [0.2, 0.25) is 10.0 Å². The number of nitrogen functional groups attached to an aromatic ring is 1. The van der Waals surface area contributed by atoms with Crippen molar-refractivity contribution in [3.63, 3.8) is 0 Å². The van der Waals surface area contributed by atoms with Gasteiger partial charge in [0.15, 0.2) is 0 Å². The molecule has 0 unspecified atom stereocenters. The Labute approximate surface area is 223 Å². The molecule has 12 heteroatoms. The first-order chi connectivity index (χ1) is 17.7. The van der Waals surface area contributed by atoms with Crippen molar-refractivity contribution in [1.82, 2.24) is 14.9 Å². The number of aliphatic hydroxyl groups is 1. The van der Waals surface area contributed by atoms with Crippen LogP contribution in [-0.4, -0.2) is 44.2 Å². The molecule has 1 saturated carbocycles. The number of carbonyl (C=O) groups is 1. The van der Waals surface area contributed by atoms with Crippen molar-refractivity contribution >= 4 is 46.4 Å². The summed E-state index contributed by atoms with van der Waals surface area (Å²) in [5.41, 5.74) is 6.62. The molecule has 1 amide bonds. The third-order valence-corrected chi connectivity index (χ3v) is 7.13. The van der Waals surface area contributed by atoms with Gasteiger partial charge in [-0.3, -0.25) is 14.9 Å². The number of nitro groups is 1. The van der Waals surface area contributed by atoms with Crippen molar-refractivity contribution in [3.8, 4) is 11.1 Å². The van der Waals surface area contributed by atoms with Gasteiger partial charge in [0.2, 0.25) is 5.82 Å². The average Bonchev–Trinajstić information content (AvgIpc) is 3.49. The van der Waals surface area contributed by atoms with Crippen LogP contribution in [0.5, 0.6) is 0 Å². The average molecular weight is 547 g/mol. The van der Waals surface area contributed by atoms with Gasteiger partial charge in [-0.05, 0) is 37.5 Å². The third-order valence-electron chi connectivity index (χ3n) is 6.59. The second-order valence-corrected chi connectivity index (χ2v) is 10.0. The van der Waals surface area contributed by atoms with Gasteiger partial charge >= 0.3 is 5.69 Å². The highest BCUT2D eigenvalue weighted by Gasteiger charge is 2.35. The van der Waals surface area contributed by atoms with Crippen LogP contribution in [0, 0.1) is 10.1 Å². The van der Waals surface area contributed by atoms with E-state index < -0.39 is 10.5 Å². The molecule has 0 radical (unpaired) electrons. The molecule has 1 aliphatic rings. The van der Waals surface area contributed by atoms with E-state index in [1.54, 1.807) is 24.4 Å². The first kappa shape index (κ1) is 26.7. The largest absolute Gasteiger partial charge is 0.394 e. The number of nitrogens with zero attached hydrogens (tertiary/aromatic N) is 3. The molecule has 1 aliphatic carbocycles. The van der Waals surface area contributed by atoms with Gasteiger partial charge in [-0.25, -0.2) is 4.98 Å². The number of hydrogen-bond acceptors (Lipinski definition) is 7. The van der Waals surface area contributed by atoms with Crippen LogP contribution in [0.25, 0.3) is 11.1 Å². The number of aromatic nitrogens is 2.